The predicted octanol–water partition coefficient (Wildman–Crippen LogP) is 3.10. The van der Waals surface area contributed by atoms with E-state index in [4.69, 9.17) is 0 Å². The van der Waals surface area contributed by atoms with E-state index in [1.807, 2.05) is 0 Å². The zero-order chi connectivity index (χ0) is 14.5. The molecule has 0 saturated carbocycles. The molecule has 0 bridgehead atoms. The Morgan fingerprint density at radius 3 is 2.67 bits per heavy atom. The van der Waals surface area contributed by atoms with E-state index in [1.54, 1.807) is 24.5 Å². The van der Waals surface area contributed by atoms with E-state index < -0.39 is 0 Å². The highest BCUT2D eigenvalue weighted by Gasteiger charge is 2.15. The number of fused-ring (bicyclic) bond motifs is 1. The number of Topliss-reactive ketones (excluding diaryl/α,β-unsaturated/α-hetero) is 1. The van der Waals surface area contributed by atoms with Gasteiger partial charge in [0.25, 0.3) is 0 Å². The van der Waals surface area contributed by atoms with E-state index in [0.717, 1.165) is 38.0 Å². The van der Waals surface area contributed by atoms with E-state index in [-0.39, 0.29) is 5.78 Å². The van der Waals surface area contributed by atoms with Crippen molar-refractivity contribution in [1.82, 2.24) is 9.88 Å². The molecule has 2 heterocycles. The van der Waals surface area contributed by atoms with Gasteiger partial charge in [0.1, 0.15) is 0 Å². The number of hydrogen-bond acceptors (Lipinski definition) is 3. The molecule has 0 amide bonds. The Morgan fingerprint density at radius 2 is 1.86 bits per heavy atom. The molecule has 2 aromatic rings. The van der Waals surface area contributed by atoms with Crippen molar-refractivity contribution in [3.63, 3.8) is 0 Å². The topological polar surface area (TPSA) is 33.2 Å². The monoisotopic (exact) mass is 280 g/mol. The van der Waals surface area contributed by atoms with Crippen molar-refractivity contribution in [3.05, 3.63) is 65.5 Å². The molecule has 0 atom stereocenters. The molecule has 0 aliphatic carbocycles. The Balaban J connectivity index is 1.48. The molecule has 21 heavy (non-hydrogen) atoms. The van der Waals surface area contributed by atoms with Crippen LogP contribution in [0.5, 0.6) is 0 Å². The number of aromatic nitrogens is 1. The maximum absolute atomic E-state index is 12.0. The quantitative estimate of drug-likeness (QED) is 0.789. The van der Waals surface area contributed by atoms with Crippen molar-refractivity contribution in [3.8, 4) is 0 Å². The number of pyridine rings is 1. The number of nitrogens with zero attached hydrogens (tertiary/aromatic N) is 2. The Kier molecular flexibility index (Phi) is 4.41. The third-order valence-corrected chi connectivity index (χ3v) is 4.09. The Morgan fingerprint density at radius 1 is 1.10 bits per heavy atom. The molecular weight excluding hydrogens is 260 g/mol. The van der Waals surface area contributed by atoms with Crippen molar-refractivity contribution < 1.29 is 4.79 Å². The van der Waals surface area contributed by atoms with E-state index in [9.17, 15) is 4.79 Å². The molecule has 1 aliphatic rings. The fraction of sp³-hybridized carbons (Fsp3) is 0.333. The summed E-state index contributed by atoms with van der Waals surface area (Å²) < 4.78 is 0. The summed E-state index contributed by atoms with van der Waals surface area (Å²) in [6.07, 6.45) is 6.00. The average molecular weight is 280 g/mol. The molecule has 3 rings (SSSR count). The van der Waals surface area contributed by atoms with Gasteiger partial charge in [-0.2, -0.15) is 0 Å². The van der Waals surface area contributed by atoms with Gasteiger partial charge in [-0.05, 0) is 42.6 Å². The number of hydrogen-bond donors (Lipinski definition) is 0. The van der Waals surface area contributed by atoms with Crippen molar-refractivity contribution in [2.45, 2.75) is 25.8 Å². The molecule has 0 saturated heterocycles. The number of rotatable bonds is 5. The second-order valence-electron chi connectivity index (χ2n) is 5.56. The van der Waals surface area contributed by atoms with Crippen LogP contribution in [-0.4, -0.2) is 28.8 Å². The first-order chi connectivity index (χ1) is 10.3. The zero-order valence-corrected chi connectivity index (χ0v) is 12.2. The summed E-state index contributed by atoms with van der Waals surface area (Å²) in [5.74, 6) is 0.217. The van der Waals surface area contributed by atoms with Gasteiger partial charge in [-0.25, -0.2) is 0 Å². The third kappa shape index (κ3) is 3.56. The second-order valence-corrected chi connectivity index (χ2v) is 5.56. The van der Waals surface area contributed by atoms with Crippen LogP contribution in [-0.2, 0) is 13.0 Å². The summed E-state index contributed by atoms with van der Waals surface area (Å²) in [4.78, 5) is 18.4. The maximum atomic E-state index is 12.0. The predicted molar refractivity (Wildman–Crippen MR) is 83.2 cm³/mol. The molecule has 0 N–H and O–H groups in total. The number of carbonyl (C=O) groups is 1. The normalized spacial score (nSPS) is 14.7. The van der Waals surface area contributed by atoms with Crippen LogP contribution in [0.3, 0.4) is 0 Å². The molecule has 0 spiro atoms. The van der Waals surface area contributed by atoms with Gasteiger partial charge in [-0.1, -0.05) is 24.3 Å². The molecule has 0 fully saturated rings. The smallest absolute Gasteiger partial charge is 0.163 e. The second kappa shape index (κ2) is 6.64. The Bertz CT molecular complexity index is 610. The molecule has 0 radical (unpaired) electrons. The molecular formula is C18H20N2O. The summed E-state index contributed by atoms with van der Waals surface area (Å²) in [5, 5.41) is 0. The highest BCUT2D eigenvalue weighted by Crippen LogP contribution is 2.18. The van der Waals surface area contributed by atoms with Crippen LogP contribution in [0.25, 0.3) is 0 Å². The fourth-order valence-electron chi connectivity index (χ4n) is 2.89. The minimum Gasteiger partial charge on any atom is -0.299 e. The molecule has 108 valence electrons. The standard InChI is InChI=1S/C18H20N2O/c21-18(16-7-10-19-11-8-16)6-3-12-20-13-9-15-4-1-2-5-17(15)14-20/h1-2,4-5,7-8,10-11H,3,6,9,12-14H2. The van der Waals surface area contributed by atoms with E-state index in [0.29, 0.717) is 6.42 Å². The van der Waals surface area contributed by atoms with E-state index >= 15 is 0 Å². The van der Waals surface area contributed by atoms with Gasteiger partial charge >= 0.3 is 0 Å². The lowest BCUT2D eigenvalue weighted by atomic mass is 9.99. The first kappa shape index (κ1) is 14.0. The number of carbonyl (C=O) groups excluding carboxylic acids is 1. The number of benzene rings is 1. The van der Waals surface area contributed by atoms with Crippen LogP contribution in [0.4, 0.5) is 0 Å². The molecule has 0 unspecified atom stereocenters. The average Bonchev–Trinajstić information content (AvgIpc) is 2.55. The molecule has 3 heteroatoms. The summed E-state index contributed by atoms with van der Waals surface area (Å²) in [5.41, 5.74) is 3.68. The SMILES string of the molecule is O=C(CCCN1CCc2ccccc2C1)c1ccncc1. The molecule has 3 nitrogen and oxygen atoms in total. The fourth-order valence-corrected chi connectivity index (χ4v) is 2.89. The van der Waals surface area contributed by atoms with Crippen LogP contribution < -0.4 is 0 Å². The van der Waals surface area contributed by atoms with Crippen molar-refractivity contribution in [2.24, 2.45) is 0 Å². The van der Waals surface area contributed by atoms with Crippen molar-refractivity contribution in [1.29, 1.82) is 0 Å². The summed E-state index contributed by atoms with van der Waals surface area (Å²) in [6, 6.07) is 12.2. The summed E-state index contributed by atoms with van der Waals surface area (Å²) in [6.45, 7) is 3.10. The van der Waals surface area contributed by atoms with Gasteiger partial charge in [-0.3, -0.25) is 14.7 Å². The van der Waals surface area contributed by atoms with Gasteiger partial charge < -0.3 is 0 Å². The van der Waals surface area contributed by atoms with Crippen molar-refractivity contribution >= 4 is 5.78 Å². The Labute approximate surface area is 125 Å². The van der Waals surface area contributed by atoms with Crippen LogP contribution in [0.2, 0.25) is 0 Å². The van der Waals surface area contributed by atoms with E-state index in [1.165, 1.54) is 11.1 Å². The highest BCUT2D eigenvalue weighted by atomic mass is 16.1. The minimum absolute atomic E-state index is 0.217. The van der Waals surface area contributed by atoms with Crippen LogP contribution in [0.1, 0.15) is 34.3 Å². The maximum Gasteiger partial charge on any atom is 0.163 e. The van der Waals surface area contributed by atoms with Gasteiger partial charge in [0, 0.05) is 37.5 Å². The summed E-state index contributed by atoms with van der Waals surface area (Å²) in [7, 11) is 0. The molecule has 1 aliphatic heterocycles. The zero-order valence-electron chi connectivity index (χ0n) is 12.2. The Hall–Kier alpha value is -2.00. The lowest BCUT2D eigenvalue weighted by Crippen LogP contribution is -2.31. The van der Waals surface area contributed by atoms with Crippen LogP contribution in [0.15, 0.2) is 48.8 Å². The summed E-state index contributed by atoms with van der Waals surface area (Å²) >= 11 is 0. The minimum atomic E-state index is 0.217. The van der Waals surface area contributed by atoms with Gasteiger partial charge in [0.05, 0.1) is 0 Å². The van der Waals surface area contributed by atoms with Crippen LogP contribution >= 0.6 is 0 Å². The first-order valence-electron chi connectivity index (χ1n) is 7.55. The molecule has 1 aromatic carbocycles. The lowest BCUT2D eigenvalue weighted by Gasteiger charge is -2.28. The number of ketones is 1. The van der Waals surface area contributed by atoms with Crippen LogP contribution in [0, 0.1) is 0 Å². The van der Waals surface area contributed by atoms with E-state index in [2.05, 4.69) is 34.1 Å². The van der Waals surface area contributed by atoms with Gasteiger partial charge in [-0.15, -0.1) is 0 Å². The highest BCUT2D eigenvalue weighted by molar-refractivity contribution is 5.95. The van der Waals surface area contributed by atoms with Gasteiger partial charge in [0.2, 0.25) is 0 Å². The first-order valence-corrected chi connectivity index (χ1v) is 7.55. The van der Waals surface area contributed by atoms with Gasteiger partial charge in [0.15, 0.2) is 5.78 Å². The third-order valence-electron chi connectivity index (χ3n) is 4.09. The lowest BCUT2D eigenvalue weighted by molar-refractivity contribution is 0.0973. The molecule has 1 aromatic heterocycles. The van der Waals surface area contributed by atoms with Crippen molar-refractivity contribution in [2.75, 3.05) is 13.1 Å². The largest absolute Gasteiger partial charge is 0.299 e.